The number of aryl methyl sites for hydroxylation is 1. The molecule has 2 atom stereocenters. The number of morpholine rings is 1. The molecule has 2 heterocycles. The summed E-state index contributed by atoms with van der Waals surface area (Å²) >= 11 is 0. The van der Waals surface area contributed by atoms with E-state index in [9.17, 15) is 0 Å². The molecule has 0 aliphatic carbocycles. The van der Waals surface area contributed by atoms with Crippen molar-refractivity contribution in [3.05, 3.63) is 23.4 Å². The normalized spacial score (nSPS) is 22.9. The van der Waals surface area contributed by atoms with Crippen molar-refractivity contribution in [2.75, 3.05) is 18.0 Å². The maximum Gasteiger partial charge on any atom is 0.129 e. The van der Waals surface area contributed by atoms with Crippen LogP contribution in [0.3, 0.4) is 0 Å². The van der Waals surface area contributed by atoms with Crippen LogP contribution in [0.2, 0.25) is 0 Å². The Morgan fingerprint density at radius 1 is 1.29 bits per heavy atom. The van der Waals surface area contributed by atoms with Gasteiger partial charge >= 0.3 is 0 Å². The van der Waals surface area contributed by atoms with Crippen molar-refractivity contribution in [3.8, 4) is 0 Å². The topological polar surface area (TPSA) is 37.4 Å². The lowest BCUT2D eigenvalue weighted by atomic mass is 10.1. The maximum absolute atomic E-state index is 5.82. The third-order valence-electron chi connectivity index (χ3n) is 3.74. The molecule has 2 rings (SSSR count). The number of ether oxygens (including phenoxy) is 1. The first-order chi connectivity index (χ1) is 9.97. The number of nitrogens with one attached hydrogen (secondary N) is 1. The molecule has 1 fully saturated rings. The lowest BCUT2D eigenvalue weighted by Gasteiger charge is -2.36. The molecule has 0 aromatic carbocycles. The zero-order valence-electron chi connectivity index (χ0n) is 14.0. The van der Waals surface area contributed by atoms with Crippen LogP contribution >= 0.6 is 0 Å². The first-order valence-corrected chi connectivity index (χ1v) is 8.11. The number of rotatable bonds is 5. The van der Waals surface area contributed by atoms with Crippen molar-refractivity contribution in [1.29, 1.82) is 0 Å². The van der Waals surface area contributed by atoms with E-state index in [1.54, 1.807) is 0 Å². The molecule has 21 heavy (non-hydrogen) atoms. The molecule has 1 saturated heterocycles. The Hall–Kier alpha value is -1.13. The molecular formula is C17H29N3O. The molecule has 0 amide bonds. The molecule has 4 nitrogen and oxygen atoms in total. The Bertz CT molecular complexity index is 451. The fourth-order valence-corrected chi connectivity index (χ4v) is 2.77. The Morgan fingerprint density at radius 3 is 2.52 bits per heavy atom. The van der Waals surface area contributed by atoms with Gasteiger partial charge in [0.2, 0.25) is 0 Å². The molecule has 1 aliphatic rings. The quantitative estimate of drug-likeness (QED) is 0.905. The van der Waals surface area contributed by atoms with Crippen LogP contribution in [-0.2, 0) is 17.7 Å². The van der Waals surface area contributed by atoms with E-state index >= 15 is 0 Å². The summed E-state index contributed by atoms with van der Waals surface area (Å²) in [6.45, 7) is 13.5. The van der Waals surface area contributed by atoms with E-state index in [0.717, 1.165) is 31.9 Å². The highest BCUT2D eigenvalue weighted by atomic mass is 16.5. The van der Waals surface area contributed by atoms with Gasteiger partial charge in [0.15, 0.2) is 0 Å². The standard InChI is InChI=1S/C17H29N3O/c1-6-16-7-15(9-18-12(2)3)8-17(19-16)20-10-13(4)21-14(5)11-20/h7-8,12-14,18H,6,9-11H2,1-5H3/t13-,14+. The van der Waals surface area contributed by atoms with Crippen LogP contribution in [0.1, 0.15) is 45.9 Å². The second kappa shape index (κ2) is 7.23. The summed E-state index contributed by atoms with van der Waals surface area (Å²) in [6.07, 6.45) is 1.49. The number of pyridine rings is 1. The highest BCUT2D eigenvalue weighted by Crippen LogP contribution is 2.21. The van der Waals surface area contributed by atoms with E-state index in [1.165, 1.54) is 11.3 Å². The zero-order valence-corrected chi connectivity index (χ0v) is 14.0. The third kappa shape index (κ3) is 4.68. The summed E-state index contributed by atoms with van der Waals surface area (Å²) in [5, 5.41) is 3.49. The van der Waals surface area contributed by atoms with Crippen molar-refractivity contribution in [3.63, 3.8) is 0 Å². The monoisotopic (exact) mass is 291 g/mol. The van der Waals surface area contributed by atoms with Gasteiger partial charge in [0.1, 0.15) is 5.82 Å². The van der Waals surface area contributed by atoms with Crippen LogP contribution in [0.4, 0.5) is 5.82 Å². The van der Waals surface area contributed by atoms with Gasteiger partial charge in [-0.2, -0.15) is 0 Å². The second-order valence-corrected chi connectivity index (χ2v) is 6.38. The smallest absolute Gasteiger partial charge is 0.129 e. The van der Waals surface area contributed by atoms with Crippen LogP contribution in [-0.4, -0.2) is 36.3 Å². The minimum atomic E-state index is 0.262. The van der Waals surface area contributed by atoms with Gasteiger partial charge < -0.3 is 15.0 Å². The van der Waals surface area contributed by atoms with E-state index < -0.39 is 0 Å². The average Bonchev–Trinajstić information content (AvgIpc) is 2.43. The molecule has 118 valence electrons. The Kier molecular flexibility index (Phi) is 5.59. The lowest BCUT2D eigenvalue weighted by molar-refractivity contribution is -0.00547. The van der Waals surface area contributed by atoms with Gasteiger partial charge in [-0.15, -0.1) is 0 Å². The van der Waals surface area contributed by atoms with Gasteiger partial charge in [-0.25, -0.2) is 4.98 Å². The number of anilines is 1. The molecule has 4 heteroatoms. The molecule has 1 aromatic heterocycles. The van der Waals surface area contributed by atoms with E-state index in [1.807, 2.05) is 0 Å². The summed E-state index contributed by atoms with van der Waals surface area (Å²) in [7, 11) is 0. The fourth-order valence-electron chi connectivity index (χ4n) is 2.77. The Labute approximate surface area is 128 Å². The largest absolute Gasteiger partial charge is 0.372 e. The third-order valence-corrected chi connectivity index (χ3v) is 3.74. The molecule has 0 unspecified atom stereocenters. The summed E-state index contributed by atoms with van der Waals surface area (Å²) in [5.41, 5.74) is 2.48. The first kappa shape index (κ1) is 16.2. The minimum absolute atomic E-state index is 0.262. The van der Waals surface area contributed by atoms with Gasteiger partial charge in [0.05, 0.1) is 12.2 Å². The summed E-state index contributed by atoms with van der Waals surface area (Å²) in [6, 6.07) is 4.93. The van der Waals surface area contributed by atoms with Crippen LogP contribution in [0.15, 0.2) is 12.1 Å². The first-order valence-electron chi connectivity index (χ1n) is 8.11. The summed E-state index contributed by atoms with van der Waals surface area (Å²) in [4.78, 5) is 7.17. The van der Waals surface area contributed by atoms with Crippen LogP contribution in [0.5, 0.6) is 0 Å². The van der Waals surface area contributed by atoms with Crippen molar-refractivity contribution >= 4 is 5.82 Å². The zero-order chi connectivity index (χ0) is 15.4. The lowest BCUT2D eigenvalue weighted by Crippen LogP contribution is -2.46. The molecule has 0 saturated carbocycles. The van der Waals surface area contributed by atoms with E-state index in [-0.39, 0.29) is 12.2 Å². The van der Waals surface area contributed by atoms with Crippen molar-refractivity contribution < 1.29 is 4.74 Å². The Balaban J connectivity index is 2.19. The van der Waals surface area contributed by atoms with Gasteiger partial charge in [-0.1, -0.05) is 20.8 Å². The molecule has 1 aromatic rings. The molecule has 0 spiro atoms. The number of hydrogen-bond donors (Lipinski definition) is 1. The molecule has 0 radical (unpaired) electrons. The second-order valence-electron chi connectivity index (χ2n) is 6.38. The predicted molar refractivity (Wildman–Crippen MR) is 87.8 cm³/mol. The van der Waals surface area contributed by atoms with Crippen molar-refractivity contribution in [1.82, 2.24) is 10.3 Å². The van der Waals surface area contributed by atoms with Gasteiger partial charge in [0, 0.05) is 31.4 Å². The highest BCUT2D eigenvalue weighted by molar-refractivity contribution is 5.43. The molecule has 0 bridgehead atoms. The van der Waals surface area contributed by atoms with Gasteiger partial charge in [-0.05, 0) is 38.0 Å². The van der Waals surface area contributed by atoms with Crippen LogP contribution in [0, 0.1) is 0 Å². The summed E-state index contributed by atoms with van der Waals surface area (Å²) < 4.78 is 5.82. The molecule has 1 aliphatic heterocycles. The van der Waals surface area contributed by atoms with Crippen molar-refractivity contribution in [2.24, 2.45) is 0 Å². The molecule has 1 N–H and O–H groups in total. The number of nitrogens with zero attached hydrogens (tertiary/aromatic N) is 2. The minimum Gasteiger partial charge on any atom is -0.372 e. The molecular weight excluding hydrogens is 262 g/mol. The van der Waals surface area contributed by atoms with E-state index in [2.05, 4.69) is 57.0 Å². The maximum atomic E-state index is 5.82. The van der Waals surface area contributed by atoms with E-state index in [4.69, 9.17) is 9.72 Å². The van der Waals surface area contributed by atoms with E-state index in [0.29, 0.717) is 6.04 Å². The van der Waals surface area contributed by atoms with Crippen LogP contribution < -0.4 is 10.2 Å². The number of aromatic nitrogens is 1. The number of hydrogen-bond acceptors (Lipinski definition) is 4. The van der Waals surface area contributed by atoms with Gasteiger partial charge in [0.25, 0.3) is 0 Å². The predicted octanol–water partition coefficient (Wildman–Crippen LogP) is 2.76. The Morgan fingerprint density at radius 2 is 1.95 bits per heavy atom. The van der Waals surface area contributed by atoms with Gasteiger partial charge in [-0.3, -0.25) is 0 Å². The average molecular weight is 291 g/mol. The van der Waals surface area contributed by atoms with Crippen LogP contribution in [0.25, 0.3) is 0 Å². The SMILES string of the molecule is CCc1cc(CNC(C)C)cc(N2C[C@@H](C)O[C@@H](C)C2)n1. The highest BCUT2D eigenvalue weighted by Gasteiger charge is 2.23. The summed E-state index contributed by atoms with van der Waals surface area (Å²) in [5.74, 6) is 1.09. The fraction of sp³-hybridized carbons (Fsp3) is 0.706. The van der Waals surface area contributed by atoms with Crippen molar-refractivity contribution in [2.45, 2.75) is 65.8 Å².